The smallest absolute Gasteiger partial charge is 0.194 e. The van der Waals surface area contributed by atoms with Crippen LogP contribution < -0.4 is 0 Å². The predicted molar refractivity (Wildman–Crippen MR) is 127 cm³/mol. The Morgan fingerprint density at radius 3 is 1.68 bits per heavy atom. The third kappa shape index (κ3) is 5.28. The molecule has 37 heavy (non-hydrogen) atoms. The summed E-state index contributed by atoms with van der Waals surface area (Å²) in [6.45, 7) is 2.01. The van der Waals surface area contributed by atoms with Crippen molar-refractivity contribution in [1.82, 2.24) is 0 Å². The Bertz CT molecular complexity index is 1460. The van der Waals surface area contributed by atoms with E-state index in [1.54, 1.807) is 24.3 Å². The van der Waals surface area contributed by atoms with E-state index in [1.165, 1.54) is 0 Å². The second kappa shape index (κ2) is 10.6. The molecule has 0 heterocycles. The minimum atomic E-state index is -1.90. The van der Waals surface area contributed by atoms with Gasteiger partial charge in [-0.05, 0) is 59.0 Å². The van der Waals surface area contributed by atoms with Crippen molar-refractivity contribution in [3.05, 3.63) is 118 Å². The molecule has 0 saturated carbocycles. The fourth-order valence-electron chi connectivity index (χ4n) is 3.94. The van der Waals surface area contributed by atoms with Crippen LogP contribution in [0.3, 0.4) is 0 Å². The van der Waals surface area contributed by atoms with E-state index in [4.69, 9.17) is 0 Å². The number of hydrogen-bond donors (Lipinski definition) is 0. The molecular weight excluding hydrogens is 500 g/mol. The minimum absolute atomic E-state index is 0.115. The summed E-state index contributed by atoms with van der Waals surface area (Å²) in [5.74, 6) is -12.5. The fraction of sp³-hybridized carbons (Fsp3) is 0.103. The Balaban J connectivity index is 1.69. The molecule has 0 amide bonds. The van der Waals surface area contributed by atoms with Crippen LogP contribution in [0, 0.1) is 34.9 Å². The summed E-state index contributed by atoms with van der Waals surface area (Å²) in [6, 6.07) is 11.9. The van der Waals surface area contributed by atoms with Crippen LogP contribution in [-0.4, -0.2) is 0 Å². The molecule has 0 aliphatic carbocycles. The topological polar surface area (TPSA) is 0 Å². The van der Waals surface area contributed by atoms with Crippen molar-refractivity contribution in [3.63, 3.8) is 0 Å². The van der Waals surface area contributed by atoms with Gasteiger partial charge in [0.15, 0.2) is 29.1 Å². The van der Waals surface area contributed by atoms with Crippen molar-refractivity contribution in [3.8, 4) is 22.3 Å². The summed E-state index contributed by atoms with van der Waals surface area (Å²) in [5.41, 5.74) is -1.17. The summed E-state index contributed by atoms with van der Waals surface area (Å²) < 4.78 is 114. The zero-order valence-corrected chi connectivity index (χ0v) is 19.3. The van der Waals surface area contributed by atoms with Crippen molar-refractivity contribution in [2.24, 2.45) is 0 Å². The number of benzene rings is 4. The fourth-order valence-corrected chi connectivity index (χ4v) is 3.94. The van der Waals surface area contributed by atoms with Crippen LogP contribution >= 0.6 is 0 Å². The molecule has 0 fully saturated rings. The largest absolute Gasteiger partial charge is 0.206 e. The first-order valence-electron chi connectivity index (χ1n) is 11.2. The van der Waals surface area contributed by atoms with Crippen molar-refractivity contribution in [2.45, 2.75) is 19.8 Å². The van der Waals surface area contributed by atoms with Crippen molar-refractivity contribution < 1.29 is 35.1 Å². The highest BCUT2D eigenvalue weighted by atomic mass is 19.2. The van der Waals surface area contributed by atoms with Gasteiger partial charge in [-0.25, -0.2) is 35.1 Å². The molecule has 0 saturated heterocycles. The molecule has 0 radical (unpaired) electrons. The van der Waals surface area contributed by atoms with Crippen LogP contribution in [0.5, 0.6) is 0 Å². The lowest BCUT2D eigenvalue weighted by atomic mass is 9.99. The number of halogens is 8. The molecule has 4 aromatic carbocycles. The summed E-state index contributed by atoms with van der Waals surface area (Å²) in [4.78, 5) is 0. The minimum Gasteiger partial charge on any atom is -0.206 e. The number of rotatable bonds is 6. The second-order valence-corrected chi connectivity index (χ2v) is 8.34. The predicted octanol–water partition coefficient (Wildman–Crippen LogP) is 9.57. The monoisotopic (exact) mass is 518 g/mol. The highest BCUT2D eigenvalue weighted by Crippen LogP contribution is 2.36. The molecule has 0 bridgehead atoms. The third-order valence-corrected chi connectivity index (χ3v) is 5.80. The maximum atomic E-state index is 14.9. The van der Waals surface area contributed by atoms with Gasteiger partial charge >= 0.3 is 0 Å². The highest BCUT2D eigenvalue weighted by molar-refractivity contribution is 5.85. The number of hydrogen-bond acceptors (Lipinski definition) is 0. The average Bonchev–Trinajstić information content (AvgIpc) is 2.86. The number of aryl methyl sites for hydroxylation is 1. The summed E-state index contributed by atoms with van der Waals surface area (Å²) in [7, 11) is 0. The summed E-state index contributed by atoms with van der Waals surface area (Å²) in [5, 5.41) is 0. The van der Waals surface area contributed by atoms with Crippen LogP contribution in [0.25, 0.3) is 33.9 Å². The molecular formula is C29H18F8. The van der Waals surface area contributed by atoms with Gasteiger partial charge in [-0.2, -0.15) is 0 Å². The average molecular weight is 518 g/mol. The first-order valence-corrected chi connectivity index (χ1v) is 11.2. The normalized spacial score (nSPS) is 12.0. The van der Waals surface area contributed by atoms with Crippen molar-refractivity contribution >= 4 is 11.7 Å². The highest BCUT2D eigenvalue weighted by Gasteiger charge is 2.22. The van der Waals surface area contributed by atoms with Gasteiger partial charge in [0.05, 0.1) is 5.56 Å². The first kappa shape index (κ1) is 26.1. The van der Waals surface area contributed by atoms with Gasteiger partial charge in [0.25, 0.3) is 0 Å². The molecule has 0 aromatic heterocycles. The van der Waals surface area contributed by atoms with E-state index in [1.807, 2.05) is 6.92 Å². The zero-order valence-electron chi connectivity index (χ0n) is 19.3. The first-order chi connectivity index (χ1) is 17.6. The van der Waals surface area contributed by atoms with E-state index < -0.39 is 63.2 Å². The Morgan fingerprint density at radius 2 is 1.14 bits per heavy atom. The molecule has 0 atom stereocenters. The summed E-state index contributed by atoms with van der Waals surface area (Å²) >= 11 is 0. The standard InChI is InChI=1S/C29H18F8/c1-2-3-15-4-6-16(7-5-15)18-11-22(31)26(23(32)12-18)29(37)27(35)17-8-9-20(21(30)10-17)19-13-24(33)28(36)25(34)14-19/h4-14H,2-3H2,1H3. The van der Waals surface area contributed by atoms with Crippen molar-refractivity contribution in [1.29, 1.82) is 0 Å². The lowest BCUT2D eigenvalue weighted by Crippen LogP contribution is -1.97. The molecule has 0 spiro atoms. The van der Waals surface area contributed by atoms with Gasteiger partial charge < -0.3 is 0 Å². The van der Waals surface area contributed by atoms with Gasteiger partial charge in [-0.1, -0.05) is 49.7 Å². The van der Waals surface area contributed by atoms with Crippen LogP contribution in [0.15, 0.2) is 66.7 Å². The van der Waals surface area contributed by atoms with Crippen LogP contribution in [0.4, 0.5) is 35.1 Å². The van der Waals surface area contributed by atoms with Gasteiger partial charge in [0, 0.05) is 11.1 Å². The summed E-state index contributed by atoms with van der Waals surface area (Å²) in [6.07, 6.45) is 1.75. The molecule has 0 N–H and O–H groups in total. The van der Waals surface area contributed by atoms with Gasteiger partial charge in [-0.15, -0.1) is 0 Å². The van der Waals surface area contributed by atoms with E-state index in [2.05, 4.69) is 0 Å². The second-order valence-electron chi connectivity index (χ2n) is 8.34. The van der Waals surface area contributed by atoms with E-state index in [0.29, 0.717) is 23.8 Å². The lowest BCUT2D eigenvalue weighted by Gasteiger charge is -2.10. The zero-order chi connectivity index (χ0) is 26.9. The Labute approximate surface area is 207 Å². The maximum absolute atomic E-state index is 14.9. The molecule has 4 aromatic rings. The molecule has 4 rings (SSSR count). The van der Waals surface area contributed by atoms with Crippen LogP contribution in [0.1, 0.15) is 30.0 Å². The quantitative estimate of drug-likeness (QED) is 0.135. The molecule has 190 valence electrons. The Kier molecular flexibility index (Phi) is 7.47. The van der Waals surface area contributed by atoms with Gasteiger partial charge in [0.1, 0.15) is 17.5 Å². The van der Waals surface area contributed by atoms with E-state index in [-0.39, 0.29) is 11.1 Å². The van der Waals surface area contributed by atoms with Crippen molar-refractivity contribution in [2.75, 3.05) is 0 Å². The van der Waals surface area contributed by atoms with Gasteiger partial charge in [-0.3, -0.25) is 0 Å². The van der Waals surface area contributed by atoms with E-state index in [9.17, 15) is 35.1 Å². The van der Waals surface area contributed by atoms with Gasteiger partial charge in [0.2, 0.25) is 0 Å². The van der Waals surface area contributed by atoms with Crippen LogP contribution in [-0.2, 0) is 6.42 Å². The van der Waals surface area contributed by atoms with E-state index in [0.717, 1.165) is 42.7 Å². The molecule has 0 aliphatic rings. The Morgan fingerprint density at radius 1 is 0.568 bits per heavy atom. The SMILES string of the molecule is CCCc1ccc(-c2cc(F)c(C(F)=C(F)c3ccc(-c4cc(F)c(F)c(F)c4)c(F)c3)c(F)c2)cc1. The third-order valence-electron chi connectivity index (χ3n) is 5.80. The molecule has 0 nitrogen and oxygen atoms in total. The Hall–Kier alpha value is -3.94. The molecule has 8 heteroatoms. The lowest BCUT2D eigenvalue weighted by molar-refractivity contribution is 0.447. The molecule has 0 aliphatic heterocycles. The molecule has 0 unspecified atom stereocenters. The van der Waals surface area contributed by atoms with Crippen LogP contribution in [0.2, 0.25) is 0 Å². The maximum Gasteiger partial charge on any atom is 0.194 e. The van der Waals surface area contributed by atoms with E-state index >= 15 is 0 Å².